The molecule has 2 rings (SSSR count). The minimum Gasteiger partial charge on any atom is -0.334 e. The molecule has 1 aliphatic heterocycles. The molecule has 0 saturated carbocycles. The molecule has 5 heteroatoms. The zero-order valence-corrected chi connectivity index (χ0v) is 10.9. The molecule has 4 nitrogen and oxygen atoms in total. The van der Waals surface area contributed by atoms with Crippen LogP contribution in [0.1, 0.15) is 19.8 Å². The van der Waals surface area contributed by atoms with Crippen LogP contribution in [0.3, 0.4) is 0 Å². The predicted molar refractivity (Wildman–Crippen MR) is 70.0 cm³/mol. The Morgan fingerprint density at radius 3 is 2.53 bits per heavy atom. The van der Waals surface area contributed by atoms with Gasteiger partial charge in [-0.05, 0) is 30.9 Å². The van der Waals surface area contributed by atoms with Crippen molar-refractivity contribution < 1.29 is 14.0 Å². The molecule has 0 atom stereocenters. The predicted octanol–water partition coefficient (Wildman–Crippen LogP) is 2.02. The van der Waals surface area contributed by atoms with Gasteiger partial charge in [-0.25, -0.2) is 4.39 Å². The molecule has 1 aromatic carbocycles. The third-order valence-electron chi connectivity index (χ3n) is 3.39. The highest BCUT2D eigenvalue weighted by Gasteiger charge is 2.25. The van der Waals surface area contributed by atoms with E-state index in [0.717, 1.165) is 12.8 Å². The number of rotatable bonds is 1. The largest absolute Gasteiger partial charge is 0.334 e. The highest BCUT2D eigenvalue weighted by atomic mass is 19.1. The molecule has 19 heavy (non-hydrogen) atoms. The van der Waals surface area contributed by atoms with E-state index < -0.39 is 17.6 Å². The van der Waals surface area contributed by atoms with Crippen molar-refractivity contribution in [1.82, 2.24) is 4.90 Å². The summed E-state index contributed by atoms with van der Waals surface area (Å²) in [6, 6.07) is 5.80. The van der Waals surface area contributed by atoms with Crippen molar-refractivity contribution >= 4 is 17.5 Å². The third kappa shape index (κ3) is 3.30. The summed E-state index contributed by atoms with van der Waals surface area (Å²) in [5.41, 5.74) is 0.0335. The maximum Gasteiger partial charge on any atom is 0.313 e. The molecular formula is C14H17FN2O2. The monoisotopic (exact) mass is 264 g/mol. The molecule has 0 bridgehead atoms. The van der Waals surface area contributed by atoms with Crippen LogP contribution >= 0.6 is 0 Å². The maximum atomic E-state index is 13.4. The maximum absolute atomic E-state index is 13.4. The molecule has 1 aromatic rings. The van der Waals surface area contributed by atoms with Gasteiger partial charge in [-0.1, -0.05) is 19.1 Å². The number of amides is 2. The molecule has 1 saturated heterocycles. The highest BCUT2D eigenvalue weighted by Crippen LogP contribution is 2.17. The molecule has 0 unspecified atom stereocenters. The fraction of sp³-hybridized carbons (Fsp3) is 0.429. The van der Waals surface area contributed by atoms with E-state index in [0.29, 0.717) is 19.0 Å². The van der Waals surface area contributed by atoms with Gasteiger partial charge in [-0.3, -0.25) is 9.59 Å². The molecule has 1 heterocycles. The summed E-state index contributed by atoms with van der Waals surface area (Å²) < 4.78 is 13.4. The Hall–Kier alpha value is -1.91. The molecule has 0 aliphatic carbocycles. The topological polar surface area (TPSA) is 49.4 Å². The lowest BCUT2D eigenvalue weighted by Gasteiger charge is -2.29. The van der Waals surface area contributed by atoms with Gasteiger partial charge in [0.15, 0.2) is 0 Å². The summed E-state index contributed by atoms with van der Waals surface area (Å²) in [5, 5.41) is 2.31. The molecule has 102 valence electrons. The number of carbonyl (C=O) groups is 2. The number of para-hydroxylation sites is 1. The van der Waals surface area contributed by atoms with Gasteiger partial charge < -0.3 is 10.2 Å². The van der Waals surface area contributed by atoms with Gasteiger partial charge in [-0.2, -0.15) is 0 Å². The van der Waals surface area contributed by atoms with Gasteiger partial charge in [-0.15, -0.1) is 0 Å². The van der Waals surface area contributed by atoms with E-state index in [4.69, 9.17) is 0 Å². The lowest BCUT2D eigenvalue weighted by atomic mass is 9.99. The van der Waals surface area contributed by atoms with E-state index in [9.17, 15) is 14.0 Å². The summed E-state index contributed by atoms with van der Waals surface area (Å²) in [6.45, 7) is 3.30. The second-order valence-electron chi connectivity index (χ2n) is 4.91. The average molecular weight is 264 g/mol. The number of nitrogens with zero attached hydrogens (tertiary/aromatic N) is 1. The SMILES string of the molecule is CC1CCN(C(=O)C(=O)Nc2ccccc2F)CC1. The standard InChI is InChI=1S/C14H17FN2O2/c1-10-6-8-17(9-7-10)14(19)13(18)16-12-5-3-2-4-11(12)15/h2-5,10H,6-9H2,1H3,(H,16,18). The van der Waals surface area contributed by atoms with Crippen LogP contribution in [0, 0.1) is 11.7 Å². The molecule has 0 radical (unpaired) electrons. The van der Waals surface area contributed by atoms with Crippen molar-refractivity contribution in [3.63, 3.8) is 0 Å². The van der Waals surface area contributed by atoms with Crippen molar-refractivity contribution in [3.05, 3.63) is 30.1 Å². The van der Waals surface area contributed by atoms with Gasteiger partial charge in [0.05, 0.1) is 5.69 Å². The van der Waals surface area contributed by atoms with Crippen molar-refractivity contribution in [3.8, 4) is 0 Å². The first kappa shape index (κ1) is 13.5. The van der Waals surface area contributed by atoms with Crippen LogP contribution in [-0.2, 0) is 9.59 Å². The minimum absolute atomic E-state index is 0.0335. The fourth-order valence-electron chi connectivity index (χ4n) is 2.09. The van der Waals surface area contributed by atoms with Gasteiger partial charge in [0, 0.05) is 13.1 Å². The normalized spacial score (nSPS) is 16.2. The van der Waals surface area contributed by atoms with E-state index in [1.165, 1.54) is 23.1 Å². The number of likely N-dealkylation sites (tertiary alicyclic amines) is 1. The Bertz CT molecular complexity index is 482. The van der Waals surface area contributed by atoms with Gasteiger partial charge in [0.2, 0.25) is 0 Å². The Labute approximate surface area is 111 Å². The van der Waals surface area contributed by atoms with Crippen LogP contribution < -0.4 is 5.32 Å². The first-order valence-electron chi connectivity index (χ1n) is 6.42. The summed E-state index contributed by atoms with van der Waals surface area (Å²) in [4.78, 5) is 25.2. The number of halogens is 1. The number of carbonyl (C=O) groups excluding carboxylic acids is 2. The van der Waals surface area contributed by atoms with Gasteiger partial charge in [0.25, 0.3) is 0 Å². The Morgan fingerprint density at radius 1 is 1.26 bits per heavy atom. The summed E-state index contributed by atoms with van der Waals surface area (Å²) in [5.74, 6) is -1.33. The molecule has 1 fully saturated rings. The second-order valence-corrected chi connectivity index (χ2v) is 4.91. The number of hydrogen-bond donors (Lipinski definition) is 1. The Morgan fingerprint density at radius 2 is 1.89 bits per heavy atom. The van der Waals surface area contributed by atoms with E-state index in [1.807, 2.05) is 0 Å². The average Bonchev–Trinajstić information content (AvgIpc) is 2.41. The van der Waals surface area contributed by atoms with E-state index in [2.05, 4.69) is 12.2 Å². The van der Waals surface area contributed by atoms with Crippen molar-refractivity contribution in [2.24, 2.45) is 5.92 Å². The molecule has 0 spiro atoms. The first-order chi connectivity index (χ1) is 9.08. The number of hydrogen-bond acceptors (Lipinski definition) is 2. The fourth-order valence-corrected chi connectivity index (χ4v) is 2.09. The molecule has 1 N–H and O–H groups in total. The van der Waals surface area contributed by atoms with Crippen LogP contribution in [0.25, 0.3) is 0 Å². The molecular weight excluding hydrogens is 247 g/mol. The quantitative estimate of drug-likeness (QED) is 0.789. The minimum atomic E-state index is -0.778. The third-order valence-corrected chi connectivity index (χ3v) is 3.39. The van der Waals surface area contributed by atoms with Crippen LogP contribution in [0.15, 0.2) is 24.3 Å². The van der Waals surface area contributed by atoms with Crippen LogP contribution in [0.4, 0.5) is 10.1 Å². The lowest BCUT2D eigenvalue weighted by molar-refractivity contribution is -0.144. The Balaban J connectivity index is 1.96. The summed E-state index contributed by atoms with van der Waals surface area (Å²) in [6.07, 6.45) is 1.80. The number of anilines is 1. The van der Waals surface area contributed by atoms with E-state index >= 15 is 0 Å². The summed E-state index contributed by atoms with van der Waals surface area (Å²) >= 11 is 0. The number of piperidine rings is 1. The second kappa shape index (κ2) is 5.82. The zero-order chi connectivity index (χ0) is 13.8. The van der Waals surface area contributed by atoms with Crippen molar-refractivity contribution in [1.29, 1.82) is 0 Å². The van der Waals surface area contributed by atoms with Gasteiger partial charge in [0.1, 0.15) is 5.82 Å². The van der Waals surface area contributed by atoms with Crippen LogP contribution in [0.5, 0.6) is 0 Å². The summed E-state index contributed by atoms with van der Waals surface area (Å²) in [7, 11) is 0. The van der Waals surface area contributed by atoms with Gasteiger partial charge >= 0.3 is 11.8 Å². The Kier molecular flexibility index (Phi) is 4.14. The van der Waals surface area contributed by atoms with Crippen molar-refractivity contribution in [2.75, 3.05) is 18.4 Å². The van der Waals surface area contributed by atoms with E-state index in [1.54, 1.807) is 6.07 Å². The first-order valence-corrected chi connectivity index (χ1v) is 6.42. The van der Waals surface area contributed by atoms with Crippen LogP contribution in [-0.4, -0.2) is 29.8 Å². The van der Waals surface area contributed by atoms with Crippen LogP contribution in [0.2, 0.25) is 0 Å². The molecule has 1 aliphatic rings. The molecule has 0 aromatic heterocycles. The number of benzene rings is 1. The van der Waals surface area contributed by atoms with Crippen molar-refractivity contribution in [2.45, 2.75) is 19.8 Å². The molecule has 2 amide bonds. The van der Waals surface area contributed by atoms with E-state index in [-0.39, 0.29) is 5.69 Å². The number of nitrogens with one attached hydrogen (secondary N) is 1. The zero-order valence-electron chi connectivity index (χ0n) is 10.9. The lowest BCUT2D eigenvalue weighted by Crippen LogP contribution is -2.43. The smallest absolute Gasteiger partial charge is 0.313 e. The highest BCUT2D eigenvalue weighted by molar-refractivity contribution is 6.39.